The van der Waals surface area contributed by atoms with Crippen LogP contribution in [0.4, 0.5) is 0 Å². The van der Waals surface area contributed by atoms with Gasteiger partial charge in [0.2, 0.25) is 0 Å². The van der Waals surface area contributed by atoms with Crippen LogP contribution in [0, 0.1) is 0 Å². The van der Waals surface area contributed by atoms with E-state index < -0.39 is 12.1 Å². The number of ketones is 1. The molecule has 0 fully saturated rings. The monoisotopic (exact) mass is 196 g/mol. The smallest absolute Gasteiger partial charge is 0.303 e. The van der Waals surface area contributed by atoms with Gasteiger partial charge >= 0.3 is 5.97 Å². The summed E-state index contributed by atoms with van der Waals surface area (Å²) in [5.41, 5.74) is 1.11. The first-order valence-electron chi connectivity index (χ1n) is 4.40. The van der Waals surface area contributed by atoms with Gasteiger partial charge in [0, 0.05) is 12.5 Å². The molecule has 0 aliphatic carbocycles. The van der Waals surface area contributed by atoms with Crippen molar-refractivity contribution < 1.29 is 14.3 Å². The second kappa shape index (κ2) is 5.37. The molecule has 0 spiro atoms. The van der Waals surface area contributed by atoms with Crippen molar-refractivity contribution in [3.05, 3.63) is 23.8 Å². The van der Waals surface area contributed by atoms with Crippen LogP contribution in [0.1, 0.15) is 27.7 Å². The van der Waals surface area contributed by atoms with Gasteiger partial charge in [0.05, 0.1) is 0 Å². The Morgan fingerprint density at radius 3 is 2.07 bits per heavy atom. The molecule has 0 N–H and O–H groups in total. The first kappa shape index (κ1) is 12.6. The van der Waals surface area contributed by atoms with Crippen molar-refractivity contribution >= 4 is 11.8 Å². The predicted octanol–water partition coefficient (Wildman–Crippen LogP) is 2.03. The third-order valence-electron chi connectivity index (χ3n) is 1.92. The largest absolute Gasteiger partial charge is 0.453 e. The van der Waals surface area contributed by atoms with Crippen LogP contribution in [0.25, 0.3) is 0 Å². The maximum atomic E-state index is 11.1. The molecular formula is C11H16O3. The molecule has 0 amide bonds. The molecule has 0 aliphatic heterocycles. The molecule has 0 aromatic heterocycles. The van der Waals surface area contributed by atoms with Gasteiger partial charge in [-0.3, -0.25) is 9.59 Å². The van der Waals surface area contributed by atoms with Crippen LogP contribution >= 0.6 is 0 Å². The molecule has 1 atom stereocenters. The third-order valence-corrected chi connectivity index (χ3v) is 1.92. The van der Waals surface area contributed by atoms with E-state index >= 15 is 0 Å². The van der Waals surface area contributed by atoms with Crippen LogP contribution in [0.3, 0.4) is 0 Å². The van der Waals surface area contributed by atoms with Gasteiger partial charge in [-0.2, -0.15) is 0 Å². The summed E-state index contributed by atoms with van der Waals surface area (Å²) in [6, 6.07) is 0. The maximum Gasteiger partial charge on any atom is 0.303 e. The highest BCUT2D eigenvalue weighted by Gasteiger charge is 2.20. The molecule has 0 bridgehead atoms. The number of ether oxygens (including phenoxy) is 1. The zero-order valence-electron chi connectivity index (χ0n) is 9.09. The summed E-state index contributed by atoms with van der Waals surface area (Å²) in [5, 5.41) is 0. The van der Waals surface area contributed by atoms with E-state index in [1.807, 2.05) is 6.92 Å². The van der Waals surface area contributed by atoms with E-state index in [1.165, 1.54) is 13.8 Å². The van der Waals surface area contributed by atoms with Gasteiger partial charge in [-0.15, -0.1) is 0 Å². The Bertz CT molecular complexity index is 287. The molecular weight excluding hydrogens is 180 g/mol. The zero-order chi connectivity index (χ0) is 11.3. The van der Waals surface area contributed by atoms with Crippen molar-refractivity contribution in [3.8, 4) is 0 Å². The van der Waals surface area contributed by atoms with Gasteiger partial charge < -0.3 is 4.74 Å². The molecule has 3 heteroatoms. The molecule has 0 heterocycles. The Hall–Kier alpha value is -1.38. The molecule has 1 unspecified atom stereocenters. The lowest BCUT2D eigenvalue weighted by Gasteiger charge is -2.18. The number of rotatable bonds is 4. The first-order chi connectivity index (χ1) is 6.40. The van der Waals surface area contributed by atoms with Gasteiger partial charge in [-0.05, 0) is 26.3 Å². The van der Waals surface area contributed by atoms with Gasteiger partial charge in [0.25, 0.3) is 0 Å². The van der Waals surface area contributed by atoms with Crippen molar-refractivity contribution in [3.63, 3.8) is 0 Å². The zero-order valence-corrected chi connectivity index (χ0v) is 9.09. The van der Waals surface area contributed by atoms with Crippen molar-refractivity contribution in [2.24, 2.45) is 0 Å². The molecule has 3 nitrogen and oxygen atoms in total. The quantitative estimate of drug-likeness (QED) is 0.392. The number of carbonyl (C=O) groups excluding carboxylic acids is 2. The molecule has 14 heavy (non-hydrogen) atoms. The van der Waals surface area contributed by atoms with Crippen LogP contribution < -0.4 is 0 Å². The predicted molar refractivity (Wildman–Crippen MR) is 54.8 cm³/mol. The lowest BCUT2D eigenvalue weighted by molar-refractivity contribution is -0.143. The minimum atomic E-state index is -0.616. The Morgan fingerprint density at radius 2 is 1.79 bits per heavy atom. The van der Waals surface area contributed by atoms with Crippen molar-refractivity contribution in [1.29, 1.82) is 0 Å². The van der Waals surface area contributed by atoms with Crippen molar-refractivity contribution in [2.45, 2.75) is 33.8 Å². The maximum absolute atomic E-state index is 11.1. The second-order valence-corrected chi connectivity index (χ2v) is 3.10. The first-order valence-corrected chi connectivity index (χ1v) is 4.40. The number of hydrogen-bond donors (Lipinski definition) is 0. The molecule has 0 saturated heterocycles. The second-order valence-electron chi connectivity index (χ2n) is 3.10. The number of esters is 1. The van der Waals surface area contributed by atoms with Gasteiger partial charge in [0.1, 0.15) is 0 Å². The van der Waals surface area contributed by atoms with Gasteiger partial charge in [-0.1, -0.05) is 12.7 Å². The summed E-state index contributed by atoms with van der Waals surface area (Å²) in [7, 11) is 0. The highest BCUT2D eigenvalue weighted by Crippen LogP contribution is 2.15. The average Bonchev–Trinajstić information content (AvgIpc) is 2.11. The SMILES string of the molecule is C=C(C(C)=O)C(OC(C)=O)/C(C)=C/C. The van der Waals surface area contributed by atoms with E-state index in [2.05, 4.69) is 6.58 Å². The van der Waals surface area contributed by atoms with E-state index in [-0.39, 0.29) is 5.78 Å². The molecule has 0 rings (SSSR count). The van der Waals surface area contributed by atoms with E-state index in [0.29, 0.717) is 5.57 Å². The van der Waals surface area contributed by atoms with E-state index in [4.69, 9.17) is 4.74 Å². The number of allylic oxidation sites excluding steroid dienone is 1. The van der Waals surface area contributed by atoms with Crippen molar-refractivity contribution in [2.75, 3.05) is 0 Å². The fourth-order valence-electron chi connectivity index (χ4n) is 0.941. The Morgan fingerprint density at radius 1 is 1.29 bits per heavy atom. The average molecular weight is 196 g/mol. The van der Waals surface area contributed by atoms with Crippen LogP contribution in [-0.4, -0.2) is 17.9 Å². The summed E-state index contributed by atoms with van der Waals surface area (Å²) in [6.45, 7) is 9.93. The van der Waals surface area contributed by atoms with E-state index in [0.717, 1.165) is 5.57 Å². The molecule has 0 aliphatic rings. The molecule has 0 saturated carbocycles. The summed E-state index contributed by atoms with van der Waals surface area (Å²) in [5.74, 6) is -0.587. The van der Waals surface area contributed by atoms with E-state index in [9.17, 15) is 9.59 Å². The molecule has 78 valence electrons. The lowest BCUT2D eigenvalue weighted by atomic mass is 10.0. The third kappa shape index (κ3) is 3.56. The minimum absolute atomic E-state index is 0.169. The number of hydrogen-bond acceptors (Lipinski definition) is 3. The number of Topliss-reactive ketones (excluding diaryl/α,β-unsaturated/α-hetero) is 1. The van der Waals surface area contributed by atoms with Crippen LogP contribution in [-0.2, 0) is 14.3 Å². The Balaban J connectivity index is 4.81. The van der Waals surface area contributed by atoms with Crippen LogP contribution in [0.5, 0.6) is 0 Å². The van der Waals surface area contributed by atoms with E-state index in [1.54, 1.807) is 13.0 Å². The van der Waals surface area contributed by atoms with Crippen LogP contribution in [0.15, 0.2) is 23.8 Å². The normalized spacial score (nSPS) is 13.3. The topological polar surface area (TPSA) is 43.4 Å². The standard InChI is InChI=1S/C11H16O3/c1-6-7(2)11(14-10(5)13)8(3)9(4)12/h6,11H,3H2,1-2,4-5H3/b7-6+. The summed E-state index contributed by atoms with van der Waals surface area (Å²) in [6.07, 6.45) is 1.18. The number of carbonyl (C=O) groups is 2. The highest BCUT2D eigenvalue weighted by atomic mass is 16.5. The molecule has 0 aromatic rings. The highest BCUT2D eigenvalue weighted by molar-refractivity contribution is 5.94. The minimum Gasteiger partial charge on any atom is -0.453 e. The Kier molecular flexibility index (Phi) is 4.84. The fraction of sp³-hybridized carbons (Fsp3) is 0.455. The van der Waals surface area contributed by atoms with Crippen molar-refractivity contribution in [1.82, 2.24) is 0 Å². The van der Waals surface area contributed by atoms with Gasteiger partial charge in [-0.25, -0.2) is 0 Å². The fourth-order valence-corrected chi connectivity index (χ4v) is 0.941. The Labute approximate surface area is 84.4 Å². The van der Waals surface area contributed by atoms with Gasteiger partial charge in [0.15, 0.2) is 11.9 Å². The molecule has 0 radical (unpaired) electrons. The van der Waals surface area contributed by atoms with Crippen LogP contribution in [0.2, 0.25) is 0 Å². The summed E-state index contributed by atoms with van der Waals surface area (Å²) >= 11 is 0. The molecule has 0 aromatic carbocycles. The summed E-state index contributed by atoms with van der Waals surface area (Å²) < 4.78 is 5.00. The lowest BCUT2D eigenvalue weighted by Crippen LogP contribution is -2.23. The summed E-state index contributed by atoms with van der Waals surface area (Å²) in [4.78, 5) is 21.9.